The molecule has 0 amide bonds. The van der Waals surface area contributed by atoms with Crippen molar-refractivity contribution in [1.82, 2.24) is 4.90 Å². The Balaban J connectivity index is 1.31. The first-order valence-electron chi connectivity index (χ1n) is 10.2. The first kappa shape index (κ1) is 18.1. The van der Waals surface area contributed by atoms with Gasteiger partial charge in [-0.3, -0.25) is 4.90 Å². The fourth-order valence-corrected chi connectivity index (χ4v) is 4.39. The SMILES string of the molecule is COc1ccccc1N1CCN(CC/C=C2\CCCc3ccccc32)CC1. The maximum Gasteiger partial charge on any atom is 0.142 e. The molecule has 1 heterocycles. The molecule has 0 unspecified atom stereocenters. The Morgan fingerprint density at radius 3 is 2.56 bits per heavy atom. The van der Waals surface area contributed by atoms with Gasteiger partial charge in [0, 0.05) is 32.7 Å². The highest BCUT2D eigenvalue weighted by atomic mass is 16.5. The number of benzene rings is 2. The van der Waals surface area contributed by atoms with E-state index in [1.165, 1.54) is 36.1 Å². The van der Waals surface area contributed by atoms with E-state index >= 15 is 0 Å². The third-order valence-corrected chi connectivity index (χ3v) is 5.89. The van der Waals surface area contributed by atoms with Crippen molar-refractivity contribution in [3.05, 3.63) is 65.7 Å². The van der Waals surface area contributed by atoms with Crippen LogP contribution in [0.2, 0.25) is 0 Å². The first-order chi connectivity index (χ1) is 13.3. The van der Waals surface area contributed by atoms with Crippen LogP contribution in [0.1, 0.15) is 30.4 Å². The van der Waals surface area contributed by atoms with E-state index in [-0.39, 0.29) is 0 Å². The summed E-state index contributed by atoms with van der Waals surface area (Å²) in [5.41, 5.74) is 5.80. The largest absolute Gasteiger partial charge is 0.495 e. The van der Waals surface area contributed by atoms with E-state index < -0.39 is 0 Å². The van der Waals surface area contributed by atoms with Crippen LogP contribution in [-0.2, 0) is 6.42 Å². The highest BCUT2D eigenvalue weighted by Crippen LogP contribution is 2.31. The molecule has 2 aliphatic rings. The van der Waals surface area contributed by atoms with Gasteiger partial charge in [-0.05, 0) is 54.5 Å². The molecule has 0 N–H and O–H groups in total. The van der Waals surface area contributed by atoms with Gasteiger partial charge in [0.1, 0.15) is 5.75 Å². The average Bonchev–Trinajstić information content (AvgIpc) is 2.74. The van der Waals surface area contributed by atoms with E-state index in [0.29, 0.717) is 0 Å². The Hall–Kier alpha value is -2.26. The molecule has 1 saturated heterocycles. The lowest BCUT2D eigenvalue weighted by Gasteiger charge is -2.36. The summed E-state index contributed by atoms with van der Waals surface area (Å²) in [6.45, 7) is 5.54. The van der Waals surface area contributed by atoms with E-state index in [1.54, 1.807) is 12.7 Å². The maximum absolute atomic E-state index is 5.52. The van der Waals surface area contributed by atoms with Gasteiger partial charge in [0.05, 0.1) is 12.8 Å². The Kier molecular flexibility index (Phi) is 5.78. The van der Waals surface area contributed by atoms with Crippen LogP contribution in [0.5, 0.6) is 5.75 Å². The monoisotopic (exact) mass is 362 g/mol. The zero-order valence-electron chi connectivity index (χ0n) is 16.4. The van der Waals surface area contributed by atoms with E-state index in [4.69, 9.17) is 4.74 Å². The van der Waals surface area contributed by atoms with Crippen molar-refractivity contribution in [3.63, 3.8) is 0 Å². The van der Waals surface area contributed by atoms with Gasteiger partial charge in [-0.1, -0.05) is 42.5 Å². The lowest BCUT2D eigenvalue weighted by Crippen LogP contribution is -2.46. The number of ether oxygens (including phenoxy) is 1. The summed E-state index contributed by atoms with van der Waals surface area (Å²) in [6, 6.07) is 17.3. The fourth-order valence-electron chi connectivity index (χ4n) is 4.39. The van der Waals surface area contributed by atoms with Gasteiger partial charge in [0.25, 0.3) is 0 Å². The number of piperazine rings is 1. The molecule has 0 spiro atoms. The van der Waals surface area contributed by atoms with Crippen LogP contribution in [0.3, 0.4) is 0 Å². The van der Waals surface area contributed by atoms with Crippen molar-refractivity contribution in [2.45, 2.75) is 25.7 Å². The molecule has 142 valence electrons. The molecule has 1 aliphatic heterocycles. The predicted molar refractivity (Wildman–Crippen MR) is 114 cm³/mol. The second-order valence-corrected chi connectivity index (χ2v) is 7.53. The summed E-state index contributed by atoms with van der Waals surface area (Å²) in [5, 5.41) is 0. The van der Waals surface area contributed by atoms with Gasteiger partial charge in [-0.25, -0.2) is 0 Å². The van der Waals surface area contributed by atoms with E-state index in [9.17, 15) is 0 Å². The molecule has 1 aliphatic carbocycles. The molecule has 1 fully saturated rings. The van der Waals surface area contributed by atoms with E-state index in [1.807, 2.05) is 6.07 Å². The lowest BCUT2D eigenvalue weighted by atomic mass is 9.87. The van der Waals surface area contributed by atoms with Gasteiger partial charge >= 0.3 is 0 Å². The molecule has 0 aromatic heterocycles. The standard InChI is InChI=1S/C24H30N2O/c1-27-24-14-5-4-13-23(24)26-18-16-25(17-19-26)15-7-11-21-10-6-9-20-8-2-3-12-22(20)21/h2-5,8,11-14H,6-7,9-10,15-19H2,1H3/b21-11+. The molecule has 0 radical (unpaired) electrons. The highest BCUT2D eigenvalue weighted by molar-refractivity contribution is 5.69. The number of anilines is 1. The Morgan fingerprint density at radius 1 is 0.926 bits per heavy atom. The van der Waals surface area contributed by atoms with Crippen LogP contribution >= 0.6 is 0 Å². The number of aryl methyl sites for hydroxylation is 1. The minimum Gasteiger partial charge on any atom is -0.495 e. The van der Waals surface area contributed by atoms with Crippen molar-refractivity contribution in [2.75, 3.05) is 44.7 Å². The zero-order valence-corrected chi connectivity index (χ0v) is 16.4. The average molecular weight is 363 g/mol. The van der Waals surface area contributed by atoms with Crippen molar-refractivity contribution in [3.8, 4) is 5.75 Å². The number of hydrogen-bond donors (Lipinski definition) is 0. The predicted octanol–water partition coefficient (Wildman–Crippen LogP) is 4.63. The van der Waals surface area contributed by atoms with Crippen LogP contribution in [-0.4, -0.2) is 44.7 Å². The molecule has 3 heteroatoms. The minimum absolute atomic E-state index is 0.978. The summed E-state index contributed by atoms with van der Waals surface area (Å²) < 4.78 is 5.52. The number of para-hydroxylation sites is 2. The molecule has 27 heavy (non-hydrogen) atoms. The van der Waals surface area contributed by atoms with Crippen LogP contribution in [0, 0.1) is 0 Å². The summed E-state index contributed by atoms with van der Waals surface area (Å²) in [7, 11) is 1.76. The topological polar surface area (TPSA) is 15.7 Å². The van der Waals surface area contributed by atoms with Crippen molar-refractivity contribution >= 4 is 11.3 Å². The number of hydrogen-bond acceptors (Lipinski definition) is 3. The minimum atomic E-state index is 0.978. The molecule has 0 saturated carbocycles. The molecule has 2 aromatic rings. The van der Waals surface area contributed by atoms with Crippen molar-refractivity contribution in [2.24, 2.45) is 0 Å². The lowest BCUT2D eigenvalue weighted by molar-refractivity contribution is 0.262. The zero-order chi connectivity index (χ0) is 18.5. The second-order valence-electron chi connectivity index (χ2n) is 7.53. The van der Waals surface area contributed by atoms with Crippen molar-refractivity contribution in [1.29, 1.82) is 0 Å². The smallest absolute Gasteiger partial charge is 0.142 e. The third-order valence-electron chi connectivity index (χ3n) is 5.89. The van der Waals surface area contributed by atoms with E-state index in [0.717, 1.165) is 44.9 Å². The van der Waals surface area contributed by atoms with E-state index in [2.05, 4.69) is 58.3 Å². The molecule has 3 nitrogen and oxygen atoms in total. The molecule has 0 bridgehead atoms. The molecule has 2 aromatic carbocycles. The number of nitrogens with zero attached hydrogens (tertiary/aromatic N) is 2. The number of fused-ring (bicyclic) bond motifs is 1. The number of methoxy groups -OCH3 is 1. The summed E-state index contributed by atoms with van der Waals surface area (Å²) in [4.78, 5) is 5.04. The quantitative estimate of drug-likeness (QED) is 0.771. The van der Waals surface area contributed by atoms with Gasteiger partial charge in [-0.15, -0.1) is 0 Å². The second kappa shape index (κ2) is 8.62. The van der Waals surface area contributed by atoms with Gasteiger partial charge in [0.15, 0.2) is 0 Å². The molecule has 0 atom stereocenters. The van der Waals surface area contributed by atoms with Gasteiger partial charge < -0.3 is 9.64 Å². The summed E-state index contributed by atoms with van der Waals surface area (Å²) >= 11 is 0. The Bertz CT molecular complexity index is 790. The summed E-state index contributed by atoms with van der Waals surface area (Å²) in [6.07, 6.45) is 7.40. The normalized spacial score (nSPS) is 19.1. The van der Waals surface area contributed by atoms with Crippen LogP contribution in [0.15, 0.2) is 54.6 Å². The van der Waals surface area contributed by atoms with Crippen LogP contribution < -0.4 is 9.64 Å². The number of rotatable bonds is 5. The summed E-state index contributed by atoms with van der Waals surface area (Å²) in [5.74, 6) is 0.978. The highest BCUT2D eigenvalue weighted by Gasteiger charge is 2.19. The van der Waals surface area contributed by atoms with Gasteiger partial charge in [-0.2, -0.15) is 0 Å². The van der Waals surface area contributed by atoms with Gasteiger partial charge in [0.2, 0.25) is 0 Å². The van der Waals surface area contributed by atoms with Crippen LogP contribution in [0.25, 0.3) is 5.57 Å². The Labute approximate surface area is 163 Å². The first-order valence-corrected chi connectivity index (χ1v) is 10.2. The fraction of sp³-hybridized carbons (Fsp3) is 0.417. The molecular formula is C24H30N2O. The molecular weight excluding hydrogens is 332 g/mol. The maximum atomic E-state index is 5.52. The molecule has 4 rings (SSSR count). The van der Waals surface area contributed by atoms with Crippen LogP contribution in [0.4, 0.5) is 5.69 Å². The van der Waals surface area contributed by atoms with Crippen molar-refractivity contribution < 1.29 is 4.74 Å². The third kappa shape index (κ3) is 4.19. The Morgan fingerprint density at radius 2 is 1.70 bits per heavy atom. The number of allylic oxidation sites excluding steroid dienone is 1.